The van der Waals surface area contributed by atoms with Crippen LogP contribution < -0.4 is 4.90 Å². The first-order valence-corrected chi connectivity index (χ1v) is 8.84. The Labute approximate surface area is 144 Å². The molecule has 0 aromatic carbocycles. The van der Waals surface area contributed by atoms with Crippen molar-refractivity contribution in [2.75, 3.05) is 18.0 Å². The van der Waals surface area contributed by atoms with Crippen molar-refractivity contribution in [3.05, 3.63) is 35.4 Å². The predicted octanol–water partition coefficient (Wildman–Crippen LogP) is 2.91. The topological polar surface area (TPSA) is 78.8 Å². The van der Waals surface area contributed by atoms with Gasteiger partial charge in [0, 0.05) is 25.2 Å². The molecule has 3 fully saturated rings. The summed E-state index contributed by atoms with van der Waals surface area (Å²) in [7, 11) is 0. The average Bonchev–Trinajstić information content (AvgIpc) is 3.05. The lowest BCUT2D eigenvalue weighted by Crippen LogP contribution is -2.32. The smallest absolute Gasteiger partial charge is 0.224 e. The highest BCUT2D eigenvalue weighted by Gasteiger charge is 2.55. The Morgan fingerprint density at radius 3 is 2.96 bits per heavy atom. The molecule has 2 atom stereocenters. The summed E-state index contributed by atoms with van der Waals surface area (Å²) in [6, 6.07) is 3.17. The number of nitrogens with zero attached hydrogens (tertiary/aromatic N) is 5. The van der Waals surface area contributed by atoms with Crippen molar-refractivity contribution in [1.29, 1.82) is 5.26 Å². The highest BCUT2D eigenvalue weighted by molar-refractivity contribution is 5.47. The second kappa shape index (κ2) is 5.25. The van der Waals surface area contributed by atoms with Crippen LogP contribution >= 0.6 is 0 Å². The van der Waals surface area contributed by atoms with E-state index < -0.39 is 5.82 Å². The van der Waals surface area contributed by atoms with Crippen LogP contribution in [0.5, 0.6) is 0 Å². The molecule has 2 aromatic rings. The van der Waals surface area contributed by atoms with Crippen molar-refractivity contribution in [2.45, 2.75) is 43.4 Å². The largest absolute Gasteiger partial charge is 0.424 e. The molecule has 0 amide bonds. The van der Waals surface area contributed by atoms with E-state index >= 15 is 0 Å². The summed E-state index contributed by atoms with van der Waals surface area (Å²) in [5.41, 5.74) is 0.0450. The lowest BCUT2D eigenvalue weighted by Gasteiger charge is -2.24. The van der Waals surface area contributed by atoms with Gasteiger partial charge in [-0.15, -0.1) is 10.2 Å². The molecule has 1 saturated heterocycles. The quantitative estimate of drug-likeness (QED) is 0.855. The van der Waals surface area contributed by atoms with E-state index in [1.807, 2.05) is 11.0 Å². The molecule has 0 spiro atoms. The van der Waals surface area contributed by atoms with E-state index in [0.717, 1.165) is 44.5 Å². The normalized spacial score (nSPS) is 28.2. The van der Waals surface area contributed by atoms with E-state index in [-0.39, 0.29) is 11.0 Å². The van der Waals surface area contributed by atoms with Gasteiger partial charge in [0.15, 0.2) is 11.6 Å². The Morgan fingerprint density at radius 1 is 1.32 bits per heavy atom. The van der Waals surface area contributed by atoms with Gasteiger partial charge >= 0.3 is 0 Å². The number of hydrogen-bond acceptors (Lipinski definition) is 6. The number of aromatic nitrogens is 3. The van der Waals surface area contributed by atoms with E-state index in [1.165, 1.54) is 12.3 Å². The molecule has 1 aliphatic heterocycles. The maximum atomic E-state index is 14.4. The van der Waals surface area contributed by atoms with Gasteiger partial charge in [-0.1, -0.05) is 6.42 Å². The zero-order valence-electron chi connectivity index (χ0n) is 13.8. The van der Waals surface area contributed by atoms with E-state index in [2.05, 4.69) is 15.2 Å². The Hall–Kier alpha value is -2.49. The summed E-state index contributed by atoms with van der Waals surface area (Å²) >= 11 is 0. The molecule has 2 aromatic heterocycles. The Bertz CT molecular complexity index is 871. The van der Waals surface area contributed by atoms with Crippen LogP contribution in [-0.2, 0) is 5.41 Å². The van der Waals surface area contributed by atoms with Crippen LogP contribution in [-0.4, -0.2) is 28.3 Å². The molecule has 7 heteroatoms. The number of nitriles is 1. The number of halogens is 1. The zero-order valence-corrected chi connectivity index (χ0v) is 13.8. The van der Waals surface area contributed by atoms with Crippen LogP contribution in [0.3, 0.4) is 0 Å². The summed E-state index contributed by atoms with van der Waals surface area (Å²) in [5, 5.41) is 17.5. The molecule has 0 bridgehead atoms. The van der Waals surface area contributed by atoms with Gasteiger partial charge < -0.3 is 9.32 Å². The molecule has 128 valence electrons. The zero-order chi connectivity index (χ0) is 17.0. The van der Waals surface area contributed by atoms with Gasteiger partial charge in [-0.05, 0) is 37.7 Å². The molecule has 3 heterocycles. The number of rotatable bonds is 3. The minimum Gasteiger partial charge on any atom is -0.424 e. The van der Waals surface area contributed by atoms with Crippen molar-refractivity contribution in [1.82, 2.24) is 15.2 Å². The van der Waals surface area contributed by atoms with Crippen LogP contribution in [0.15, 0.2) is 16.7 Å². The lowest BCUT2D eigenvalue weighted by molar-refractivity contribution is 0.296. The molecule has 25 heavy (non-hydrogen) atoms. The Kier molecular flexibility index (Phi) is 3.11. The van der Waals surface area contributed by atoms with Crippen LogP contribution in [0.4, 0.5) is 10.2 Å². The summed E-state index contributed by atoms with van der Waals surface area (Å²) in [6.07, 6.45) is 6.88. The number of hydrogen-bond donors (Lipinski definition) is 0. The molecule has 2 saturated carbocycles. The van der Waals surface area contributed by atoms with Crippen molar-refractivity contribution in [3.8, 4) is 6.07 Å². The fraction of sp³-hybridized carbons (Fsp3) is 0.556. The molecule has 0 unspecified atom stereocenters. The van der Waals surface area contributed by atoms with Gasteiger partial charge in [0.25, 0.3) is 0 Å². The van der Waals surface area contributed by atoms with Crippen LogP contribution in [0.1, 0.15) is 55.4 Å². The van der Waals surface area contributed by atoms with Gasteiger partial charge in [-0.25, -0.2) is 9.37 Å². The second-order valence-electron chi connectivity index (χ2n) is 7.49. The first kappa shape index (κ1) is 14.8. The molecule has 2 aliphatic carbocycles. The molecule has 6 nitrogen and oxygen atoms in total. The fourth-order valence-corrected chi connectivity index (χ4v) is 4.46. The molecular formula is C18H18FN5O. The van der Waals surface area contributed by atoms with Crippen LogP contribution in [0.2, 0.25) is 0 Å². The fourth-order valence-electron chi connectivity index (χ4n) is 4.46. The molecular weight excluding hydrogens is 321 g/mol. The maximum absolute atomic E-state index is 14.4. The van der Waals surface area contributed by atoms with Crippen LogP contribution in [0, 0.1) is 23.1 Å². The summed E-state index contributed by atoms with van der Waals surface area (Å²) in [5.74, 6) is 2.15. The lowest BCUT2D eigenvalue weighted by atomic mass is 9.80. The number of anilines is 1. The predicted molar refractivity (Wildman–Crippen MR) is 86.4 cm³/mol. The first-order valence-electron chi connectivity index (χ1n) is 8.84. The van der Waals surface area contributed by atoms with E-state index in [4.69, 9.17) is 9.68 Å². The molecule has 3 aliphatic rings. The third-order valence-corrected chi connectivity index (χ3v) is 5.91. The van der Waals surface area contributed by atoms with Crippen LogP contribution in [0.25, 0.3) is 0 Å². The van der Waals surface area contributed by atoms with E-state index in [0.29, 0.717) is 30.1 Å². The minimum absolute atomic E-state index is 0.192. The SMILES string of the molecule is N#Cc1cnc(N2C[C@@H]3CCC[C@]3(c3nnc(C4CC4)o3)C2)c(F)c1. The van der Waals surface area contributed by atoms with E-state index in [1.54, 1.807) is 0 Å². The third-order valence-electron chi connectivity index (χ3n) is 5.91. The van der Waals surface area contributed by atoms with Gasteiger partial charge in [-0.2, -0.15) is 5.26 Å². The Balaban J connectivity index is 1.47. The number of fused-ring (bicyclic) bond motifs is 1. The van der Waals surface area contributed by atoms with Crippen molar-refractivity contribution in [2.24, 2.45) is 5.92 Å². The highest BCUT2D eigenvalue weighted by Crippen LogP contribution is 2.51. The Morgan fingerprint density at radius 2 is 2.20 bits per heavy atom. The summed E-state index contributed by atoms with van der Waals surface area (Å²) in [4.78, 5) is 6.16. The third kappa shape index (κ3) is 2.24. The summed E-state index contributed by atoms with van der Waals surface area (Å²) in [6.45, 7) is 1.37. The maximum Gasteiger partial charge on any atom is 0.224 e. The second-order valence-corrected chi connectivity index (χ2v) is 7.49. The van der Waals surface area contributed by atoms with Gasteiger partial charge in [0.2, 0.25) is 11.8 Å². The van der Waals surface area contributed by atoms with E-state index in [9.17, 15) is 4.39 Å². The molecule has 5 rings (SSSR count). The van der Waals surface area contributed by atoms with Crippen molar-refractivity contribution >= 4 is 5.82 Å². The standard InChI is InChI=1S/C18H18FN5O/c19-14-6-11(7-20)8-21-15(14)24-9-13-2-1-5-18(13,10-24)17-23-22-16(25-17)12-3-4-12/h6,8,12-13H,1-5,9-10H2/t13-,18-/m0/s1. The number of pyridine rings is 1. The monoisotopic (exact) mass is 339 g/mol. The van der Waals surface area contributed by atoms with Gasteiger partial charge in [0.05, 0.1) is 11.0 Å². The van der Waals surface area contributed by atoms with Crippen molar-refractivity contribution < 1.29 is 8.81 Å². The summed E-state index contributed by atoms with van der Waals surface area (Å²) < 4.78 is 20.4. The highest BCUT2D eigenvalue weighted by atomic mass is 19.1. The minimum atomic E-state index is -0.446. The average molecular weight is 339 g/mol. The van der Waals surface area contributed by atoms with Gasteiger partial charge in [-0.3, -0.25) is 0 Å². The molecule has 0 radical (unpaired) electrons. The van der Waals surface area contributed by atoms with Crippen molar-refractivity contribution in [3.63, 3.8) is 0 Å². The van der Waals surface area contributed by atoms with Gasteiger partial charge in [0.1, 0.15) is 6.07 Å². The first-order chi connectivity index (χ1) is 12.2. The molecule has 0 N–H and O–H groups in total.